The number of aromatic nitrogens is 1. The maximum atomic E-state index is 12.9. The summed E-state index contributed by atoms with van der Waals surface area (Å²) in [4.78, 5) is 19.7. The fourth-order valence-electron chi connectivity index (χ4n) is 3.10. The van der Waals surface area contributed by atoms with Crippen molar-refractivity contribution in [2.45, 2.75) is 38.8 Å². The van der Waals surface area contributed by atoms with Gasteiger partial charge in [0.25, 0.3) is 0 Å². The van der Waals surface area contributed by atoms with Gasteiger partial charge in [0.1, 0.15) is 5.01 Å². The Hall–Kier alpha value is -1.98. The number of amides is 1. The zero-order valence-electron chi connectivity index (χ0n) is 15.2. The minimum absolute atomic E-state index is 0.171. The molecule has 1 heterocycles. The molecule has 1 aliphatic rings. The van der Waals surface area contributed by atoms with Crippen LogP contribution in [0.3, 0.4) is 0 Å². The number of hydrogen-bond donors (Lipinski definition) is 0. The normalized spacial score (nSPS) is 13.6. The maximum absolute atomic E-state index is 12.9. The summed E-state index contributed by atoms with van der Waals surface area (Å²) in [7, 11) is 0. The van der Waals surface area contributed by atoms with Crippen LogP contribution in [0, 0.1) is 6.92 Å². The minimum atomic E-state index is 0.171. The monoisotopic (exact) mass is 440 g/mol. The van der Waals surface area contributed by atoms with Gasteiger partial charge in [0.05, 0.1) is 12.1 Å². The van der Waals surface area contributed by atoms with E-state index < -0.39 is 0 Å². The van der Waals surface area contributed by atoms with E-state index in [9.17, 15) is 4.79 Å². The molecule has 2 aromatic carbocycles. The van der Waals surface area contributed by atoms with Crippen LogP contribution in [-0.4, -0.2) is 21.8 Å². The van der Waals surface area contributed by atoms with Crippen LogP contribution in [-0.2, 0) is 17.8 Å². The van der Waals surface area contributed by atoms with Crippen molar-refractivity contribution in [2.24, 2.45) is 0 Å². The van der Waals surface area contributed by atoms with Crippen LogP contribution in [0.25, 0.3) is 10.6 Å². The van der Waals surface area contributed by atoms with Gasteiger partial charge in [-0.3, -0.25) is 4.79 Å². The van der Waals surface area contributed by atoms with Gasteiger partial charge < -0.3 is 4.90 Å². The number of benzene rings is 2. The van der Waals surface area contributed by atoms with Crippen LogP contribution in [0.15, 0.2) is 58.4 Å². The highest BCUT2D eigenvalue weighted by Gasteiger charge is 2.32. The summed E-state index contributed by atoms with van der Waals surface area (Å²) in [5.74, 6) is 0.171. The van der Waals surface area contributed by atoms with Crippen LogP contribution >= 0.6 is 27.3 Å². The summed E-state index contributed by atoms with van der Waals surface area (Å²) in [6, 6.07) is 16.9. The minimum Gasteiger partial charge on any atom is -0.335 e. The number of rotatable bonds is 6. The van der Waals surface area contributed by atoms with Gasteiger partial charge in [-0.1, -0.05) is 57.9 Å². The number of carbonyl (C=O) groups excluding carboxylic acids is 1. The van der Waals surface area contributed by atoms with Crippen molar-refractivity contribution in [3.8, 4) is 10.6 Å². The summed E-state index contributed by atoms with van der Waals surface area (Å²) in [5.41, 5.74) is 4.36. The lowest BCUT2D eigenvalue weighted by atomic mass is 10.1. The topological polar surface area (TPSA) is 33.2 Å². The Labute approximate surface area is 172 Å². The quantitative estimate of drug-likeness (QED) is 0.498. The van der Waals surface area contributed by atoms with E-state index >= 15 is 0 Å². The Morgan fingerprint density at radius 1 is 1.22 bits per heavy atom. The van der Waals surface area contributed by atoms with E-state index in [1.54, 1.807) is 11.3 Å². The molecule has 4 rings (SSSR count). The molecule has 1 aromatic heterocycles. The lowest BCUT2D eigenvalue weighted by molar-refractivity contribution is -0.131. The molecule has 0 aliphatic heterocycles. The SMILES string of the molecule is Cc1ccc(CN(C(=O)Cc2csc(-c3cccc(Br)c3)n2)C2CC2)cc1. The molecule has 3 aromatic rings. The van der Waals surface area contributed by atoms with Gasteiger partial charge in [-0.2, -0.15) is 0 Å². The third-order valence-electron chi connectivity index (χ3n) is 4.74. The molecule has 0 N–H and O–H groups in total. The Morgan fingerprint density at radius 2 is 2.00 bits per heavy atom. The molecule has 0 bridgehead atoms. The summed E-state index contributed by atoms with van der Waals surface area (Å²) < 4.78 is 1.03. The number of carbonyl (C=O) groups is 1. The van der Waals surface area contributed by atoms with Crippen LogP contribution in [0.2, 0.25) is 0 Å². The first-order valence-electron chi connectivity index (χ1n) is 9.14. The van der Waals surface area contributed by atoms with E-state index in [4.69, 9.17) is 4.98 Å². The van der Waals surface area contributed by atoms with E-state index in [0.717, 1.165) is 33.6 Å². The smallest absolute Gasteiger partial charge is 0.229 e. The van der Waals surface area contributed by atoms with Crippen molar-refractivity contribution in [1.29, 1.82) is 0 Å². The van der Waals surface area contributed by atoms with Crippen molar-refractivity contribution < 1.29 is 4.79 Å². The molecule has 1 amide bonds. The molecule has 1 fully saturated rings. The fraction of sp³-hybridized carbons (Fsp3) is 0.273. The van der Waals surface area contributed by atoms with Gasteiger partial charge in [0.2, 0.25) is 5.91 Å². The van der Waals surface area contributed by atoms with E-state index in [2.05, 4.69) is 53.2 Å². The van der Waals surface area contributed by atoms with Crippen molar-refractivity contribution in [3.63, 3.8) is 0 Å². The van der Waals surface area contributed by atoms with E-state index in [0.29, 0.717) is 19.0 Å². The van der Waals surface area contributed by atoms with Gasteiger partial charge in [0.15, 0.2) is 0 Å². The fourth-order valence-corrected chi connectivity index (χ4v) is 4.31. The molecule has 0 unspecified atom stereocenters. The van der Waals surface area contributed by atoms with Gasteiger partial charge in [-0.05, 0) is 37.5 Å². The zero-order valence-corrected chi connectivity index (χ0v) is 17.6. The molecule has 5 heteroatoms. The molecule has 1 aliphatic carbocycles. The number of nitrogens with zero attached hydrogens (tertiary/aromatic N) is 2. The second-order valence-electron chi connectivity index (χ2n) is 7.07. The Bertz CT molecular complexity index is 947. The van der Waals surface area contributed by atoms with Crippen LogP contribution in [0.1, 0.15) is 29.7 Å². The predicted molar refractivity (Wildman–Crippen MR) is 114 cm³/mol. The molecular weight excluding hydrogens is 420 g/mol. The molecule has 138 valence electrons. The lowest BCUT2D eigenvalue weighted by Gasteiger charge is -2.22. The summed E-state index contributed by atoms with van der Waals surface area (Å²) in [5, 5.41) is 2.96. The second kappa shape index (κ2) is 7.95. The second-order valence-corrected chi connectivity index (χ2v) is 8.84. The standard InChI is InChI=1S/C22H21BrN2OS/c1-15-5-7-16(8-6-15)13-25(20-9-10-20)21(26)12-19-14-27-22(24-19)17-3-2-4-18(23)11-17/h2-8,11,14,20H,9-10,12-13H2,1H3. The molecule has 0 saturated heterocycles. The summed E-state index contributed by atoms with van der Waals surface area (Å²) >= 11 is 5.09. The van der Waals surface area contributed by atoms with Crippen LogP contribution in [0.4, 0.5) is 0 Å². The Balaban J connectivity index is 1.46. The van der Waals surface area contributed by atoms with Gasteiger partial charge >= 0.3 is 0 Å². The van der Waals surface area contributed by atoms with Crippen molar-refractivity contribution in [1.82, 2.24) is 9.88 Å². The molecule has 1 saturated carbocycles. The number of thiazole rings is 1. The maximum Gasteiger partial charge on any atom is 0.229 e. The number of halogens is 1. The van der Waals surface area contributed by atoms with E-state index in [1.807, 2.05) is 28.5 Å². The summed E-state index contributed by atoms with van der Waals surface area (Å²) in [6.45, 7) is 2.77. The highest BCUT2D eigenvalue weighted by atomic mass is 79.9. The van der Waals surface area contributed by atoms with Crippen molar-refractivity contribution >= 4 is 33.2 Å². The number of hydrogen-bond acceptors (Lipinski definition) is 3. The molecule has 27 heavy (non-hydrogen) atoms. The largest absolute Gasteiger partial charge is 0.335 e. The molecule has 0 radical (unpaired) electrons. The van der Waals surface area contributed by atoms with Gasteiger partial charge in [0, 0.05) is 28.0 Å². The average Bonchev–Trinajstić information content (AvgIpc) is 3.39. The third kappa shape index (κ3) is 4.66. The average molecular weight is 441 g/mol. The molecule has 0 spiro atoms. The first kappa shape index (κ1) is 18.4. The Morgan fingerprint density at radius 3 is 2.70 bits per heavy atom. The molecule has 3 nitrogen and oxygen atoms in total. The molecular formula is C22H21BrN2OS. The van der Waals surface area contributed by atoms with E-state index in [1.165, 1.54) is 11.1 Å². The third-order valence-corrected chi connectivity index (χ3v) is 6.17. The predicted octanol–water partition coefficient (Wildman–Crippen LogP) is 5.61. The van der Waals surface area contributed by atoms with Gasteiger partial charge in [-0.15, -0.1) is 11.3 Å². The first-order valence-corrected chi connectivity index (χ1v) is 10.8. The van der Waals surface area contributed by atoms with Gasteiger partial charge in [-0.25, -0.2) is 4.98 Å². The van der Waals surface area contributed by atoms with E-state index in [-0.39, 0.29) is 5.91 Å². The molecule has 0 atom stereocenters. The van der Waals surface area contributed by atoms with Crippen molar-refractivity contribution in [3.05, 3.63) is 75.2 Å². The highest BCUT2D eigenvalue weighted by Crippen LogP contribution is 2.30. The Kier molecular flexibility index (Phi) is 5.41. The van der Waals surface area contributed by atoms with Crippen LogP contribution < -0.4 is 0 Å². The van der Waals surface area contributed by atoms with Crippen molar-refractivity contribution in [2.75, 3.05) is 0 Å². The zero-order chi connectivity index (χ0) is 18.8. The first-order chi connectivity index (χ1) is 13.1. The highest BCUT2D eigenvalue weighted by molar-refractivity contribution is 9.10. The summed E-state index contributed by atoms with van der Waals surface area (Å²) in [6.07, 6.45) is 2.59. The van der Waals surface area contributed by atoms with Crippen LogP contribution in [0.5, 0.6) is 0 Å². The number of aryl methyl sites for hydroxylation is 1. The lowest BCUT2D eigenvalue weighted by Crippen LogP contribution is -2.33.